The number of carbonyl (C=O) groups is 2. The van der Waals surface area contributed by atoms with Gasteiger partial charge >= 0.3 is 0 Å². The third kappa shape index (κ3) is 8.89. The number of ether oxygens (including phenoxy) is 1. The number of hydrogen-bond acceptors (Lipinski definition) is 5. The lowest BCUT2D eigenvalue weighted by molar-refractivity contribution is -0.140. The lowest BCUT2D eigenvalue weighted by Crippen LogP contribution is -2.53. The van der Waals surface area contributed by atoms with Gasteiger partial charge in [-0.2, -0.15) is 0 Å². The van der Waals surface area contributed by atoms with E-state index >= 15 is 0 Å². The highest BCUT2D eigenvalue weighted by molar-refractivity contribution is 7.92. The molecule has 1 atom stereocenters. The molecule has 4 aromatic rings. The zero-order valence-corrected chi connectivity index (χ0v) is 27.9. The van der Waals surface area contributed by atoms with Crippen molar-refractivity contribution in [1.82, 2.24) is 10.2 Å². The van der Waals surface area contributed by atoms with E-state index in [9.17, 15) is 18.0 Å². The zero-order valence-electron chi connectivity index (χ0n) is 26.4. The van der Waals surface area contributed by atoms with Crippen LogP contribution in [0.4, 0.5) is 5.69 Å². The van der Waals surface area contributed by atoms with E-state index in [0.29, 0.717) is 6.54 Å². The fourth-order valence-electron chi connectivity index (χ4n) is 5.04. The average molecular weight is 662 g/mol. The van der Waals surface area contributed by atoms with Crippen LogP contribution in [0.25, 0.3) is 0 Å². The van der Waals surface area contributed by atoms with E-state index in [4.69, 9.17) is 16.3 Å². The Hall–Kier alpha value is -4.34. The first-order valence-electron chi connectivity index (χ1n) is 15.2. The summed E-state index contributed by atoms with van der Waals surface area (Å²) in [7, 11) is -2.87. The van der Waals surface area contributed by atoms with Crippen molar-refractivity contribution in [2.24, 2.45) is 0 Å². The van der Waals surface area contributed by atoms with Crippen molar-refractivity contribution in [3.63, 3.8) is 0 Å². The van der Waals surface area contributed by atoms with Crippen LogP contribution in [0, 0.1) is 6.92 Å². The maximum atomic E-state index is 14.6. The SMILES string of the molecule is CCCCNC(=O)[C@@H](Cc1ccccc1)N(Cc1ccc(C)cc1)C(=O)CN(c1cc(Cl)ccc1OC)S(=O)(=O)c1ccccc1. The fraction of sp³-hybridized carbons (Fsp3) is 0.278. The molecule has 46 heavy (non-hydrogen) atoms. The van der Waals surface area contributed by atoms with Crippen molar-refractivity contribution in [2.75, 3.05) is 24.5 Å². The molecule has 0 saturated heterocycles. The number of unbranched alkanes of at least 4 members (excludes halogenated alkanes) is 1. The number of aryl methyl sites for hydroxylation is 1. The zero-order chi connectivity index (χ0) is 33.1. The average Bonchev–Trinajstić information content (AvgIpc) is 3.06. The van der Waals surface area contributed by atoms with Crippen LogP contribution < -0.4 is 14.4 Å². The Morgan fingerprint density at radius 3 is 2.17 bits per heavy atom. The second-order valence-electron chi connectivity index (χ2n) is 11.0. The van der Waals surface area contributed by atoms with Crippen molar-refractivity contribution in [3.8, 4) is 5.75 Å². The number of rotatable bonds is 15. The summed E-state index contributed by atoms with van der Waals surface area (Å²) in [4.78, 5) is 29.9. The van der Waals surface area contributed by atoms with Crippen LogP contribution in [-0.2, 0) is 32.6 Å². The highest BCUT2D eigenvalue weighted by Crippen LogP contribution is 2.35. The second kappa shape index (κ2) is 16.3. The minimum Gasteiger partial charge on any atom is -0.495 e. The number of hydrogen-bond donors (Lipinski definition) is 1. The van der Waals surface area contributed by atoms with Gasteiger partial charge in [0.05, 0.1) is 17.7 Å². The van der Waals surface area contributed by atoms with Crippen LogP contribution in [0.15, 0.2) is 108 Å². The molecule has 242 valence electrons. The molecule has 2 amide bonds. The van der Waals surface area contributed by atoms with Gasteiger partial charge in [-0.05, 0) is 54.8 Å². The quantitative estimate of drug-likeness (QED) is 0.149. The first-order chi connectivity index (χ1) is 22.1. The first kappa shape index (κ1) is 34.5. The molecule has 0 heterocycles. The number of methoxy groups -OCH3 is 1. The summed E-state index contributed by atoms with van der Waals surface area (Å²) in [5.41, 5.74) is 2.82. The Bertz CT molecular complexity index is 1700. The van der Waals surface area contributed by atoms with Crippen LogP contribution in [0.3, 0.4) is 0 Å². The van der Waals surface area contributed by atoms with Gasteiger partial charge in [0.2, 0.25) is 11.8 Å². The minimum atomic E-state index is -4.29. The predicted octanol–water partition coefficient (Wildman–Crippen LogP) is 6.41. The molecule has 1 N–H and O–H groups in total. The van der Waals surface area contributed by atoms with Crippen LogP contribution >= 0.6 is 11.6 Å². The minimum absolute atomic E-state index is 0.00643. The maximum Gasteiger partial charge on any atom is 0.264 e. The third-order valence-corrected chi connectivity index (χ3v) is 9.60. The van der Waals surface area contributed by atoms with Crippen LogP contribution in [0.1, 0.15) is 36.5 Å². The lowest BCUT2D eigenvalue weighted by atomic mass is 10.0. The number of nitrogens with zero attached hydrogens (tertiary/aromatic N) is 2. The van der Waals surface area contributed by atoms with Crippen molar-refractivity contribution in [1.29, 1.82) is 0 Å². The number of anilines is 1. The fourth-order valence-corrected chi connectivity index (χ4v) is 6.65. The highest BCUT2D eigenvalue weighted by Gasteiger charge is 2.35. The van der Waals surface area contributed by atoms with E-state index in [2.05, 4.69) is 5.32 Å². The summed E-state index contributed by atoms with van der Waals surface area (Å²) in [6, 6.07) is 28.7. The Kier molecular flexibility index (Phi) is 12.2. The summed E-state index contributed by atoms with van der Waals surface area (Å²) < 4.78 is 35.0. The van der Waals surface area contributed by atoms with Gasteiger partial charge in [0.15, 0.2) is 0 Å². The number of sulfonamides is 1. The van der Waals surface area contributed by atoms with Gasteiger partial charge in [-0.25, -0.2) is 8.42 Å². The molecule has 4 aromatic carbocycles. The number of carbonyl (C=O) groups excluding carboxylic acids is 2. The Morgan fingerprint density at radius 1 is 0.891 bits per heavy atom. The van der Waals surface area contributed by atoms with E-state index < -0.39 is 28.5 Å². The van der Waals surface area contributed by atoms with Crippen molar-refractivity contribution < 1.29 is 22.7 Å². The molecule has 0 saturated carbocycles. The second-order valence-corrected chi connectivity index (χ2v) is 13.3. The highest BCUT2D eigenvalue weighted by atomic mass is 35.5. The molecule has 0 aliphatic heterocycles. The van der Waals surface area contributed by atoms with Gasteiger partial charge in [0.1, 0.15) is 18.3 Å². The molecule has 0 unspecified atom stereocenters. The molecular formula is C36H40ClN3O5S. The largest absolute Gasteiger partial charge is 0.495 e. The van der Waals surface area contributed by atoms with Crippen molar-refractivity contribution in [3.05, 3.63) is 125 Å². The molecule has 0 fully saturated rings. The predicted molar refractivity (Wildman–Crippen MR) is 183 cm³/mol. The smallest absolute Gasteiger partial charge is 0.264 e. The standard InChI is InChI=1S/C36H40ClN3O5S/c1-4-5-22-38-36(42)33(23-28-12-8-6-9-13-28)39(25-29-18-16-27(2)17-19-29)35(41)26-40(32-24-30(37)20-21-34(32)45-3)46(43,44)31-14-10-7-11-15-31/h6-21,24,33H,4-5,22-23,25-26H2,1-3H3,(H,38,42)/t33-/m1/s1. The van der Waals surface area contributed by atoms with Crippen LogP contribution in [-0.4, -0.2) is 51.4 Å². The van der Waals surface area contributed by atoms with Gasteiger partial charge in [0, 0.05) is 24.5 Å². The normalized spacial score (nSPS) is 11.8. The molecule has 10 heteroatoms. The molecule has 0 aliphatic carbocycles. The molecule has 0 aromatic heterocycles. The topological polar surface area (TPSA) is 96.0 Å². The van der Waals surface area contributed by atoms with Gasteiger partial charge in [0.25, 0.3) is 10.0 Å². The summed E-state index contributed by atoms with van der Waals surface area (Å²) in [6.07, 6.45) is 1.92. The van der Waals surface area contributed by atoms with Crippen molar-refractivity contribution >= 4 is 39.1 Å². The van der Waals surface area contributed by atoms with E-state index in [1.807, 2.05) is 68.4 Å². The third-order valence-electron chi connectivity index (χ3n) is 7.59. The van der Waals surface area contributed by atoms with E-state index in [1.54, 1.807) is 30.3 Å². The van der Waals surface area contributed by atoms with E-state index in [0.717, 1.165) is 33.8 Å². The maximum absolute atomic E-state index is 14.6. The molecule has 0 bridgehead atoms. The molecule has 0 spiro atoms. The summed E-state index contributed by atoms with van der Waals surface area (Å²) in [5.74, 6) is -0.649. The van der Waals surface area contributed by atoms with Crippen molar-refractivity contribution in [2.45, 2.75) is 50.6 Å². The lowest BCUT2D eigenvalue weighted by Gasteiger charge is -2.34. The Balaban J connectivity index is 1.82. The number of benzene rings is 4. The number of amides is 2. The number of halogens is 1. The van der Waals surface area contributed by atoms with E-state index in [1.165, 1.54) is 30.2 Å². The monoisotopic (exact) mass is 661 g/mol. The molecular weight excluding hydrogens is 622 g/mol. The molecule has 4 rings (SSSR count). The van der Waals surface area contributed by atoms with Crippen LogP contribution in [0.5, 0.6) is 5.75 Å². The van der Waals surface area contributed by atoms with Gasteiger partial charge in [-0.3, -0.25) is 13.9 Å². The summed E-state index contributed by atoms with van der Waals surface area (Å²) >= 11 is 6.35. The van der Waals surface area contributed by atoms with Gasteiger partial charge in [-0.1, -0.05) is 103 Å². The van der Waals surface area contributed by atoms with Gasteiger partial charge < -0.3 is 15.0 Å². The number of nitrogens with one attached hydrogen (secondary N) is 1. The summed E-state index contributed by atoms with van der Waals surface area (Å²) in [6.45, 7) is 3.95. The van der Waals surface area contributed by atoms with E-state index in [-0.39, 0.29) is 40.2 Å². The Morgan fingerprint density at radius 2 is 1.54 bits per heavy atom. The Labute approximate surface area is 277 Å². The molecule has 0 aliphatic rings. The van der Waals surface area contributed by atoms with Crippen LogP contribution in [0.2, 0.25) is 5.02 Å². The first-order valence-corrected chi connectivity index (χ1v) is 17.0. The summed E-state index contributed by atoms with van der Waals surface area (Å²) in [5, 5.41) is 3.27. The molecule has 0 radical (unpaired) electrons. The molecule has 8 nitrogen and oxygen atoms in total. The van der Waals surface area contributed by atoms with Gasteiger partial charge in [-0.15, -0.1) is 0 Å².